The van der Waals surface area contributed by atoms with Crippen LogP contribution in [0.1, 0.15) is 60.7 Å². The number of aryl methyl sites for hydroxylation is 1. The molecule has 4 atom stereocenters. The minimum absolute atomic E-state index is 0.00586. The molecule has 3 N–H and O–H groups in total. The smallest absolute Gasteiger partial charge is 0.225 e. The van der Waals surface area contributed by atoms with Crippen molar-refractivity contribution < 1.29 is 9.90 Å². The number of nitrogens with two attached hydrogens (primary N) is 1. The molecule has 6 nitrogen and oxygen atoms in total. The third-order valence-electron chi connectivity index (χ3n) is 7.43. The van der Waals surface area contributed by atoms with Gasteiger partial charge < -0.3 is 20.3 Å². The summed E-state index contributed by atoms with van der Waals surface area (Å²) in [7, 11) is 0. The van der Waals surface area contributed by atoms with Crippen LogP contribution in [-0.2, 0) is 11.2 Å². The molecule has 1 aromatic heterocycles. The maximum Gasteiger partial charge on any atom is 0.225 e. The lowest BCUT2D eigenvalue weighted by Crippen LogP contribution is -2.47. The van der Waals surface area contributed by atoms with E-state index in [9.17, 15) is 9.90 Å². The van der Waals surface area contributed by atoms with Crippen LogP contribution in [0.2, 0.25) is 0 Å². The third kappa shape index (κ3) is 3.96. The second-order valence-corrected chi connectivity index (χ2v) is 10.1. The van der Waals surface area contributed by atoms with Gasteiger partial charge in [0.2, 0.25) is 5.91 Å². The Labute approximate surface area is 195 Å². The maximum atomic E-state index is 12.3. The molecule has 2 heterocycles. The van der Waals surface area contributed by atoms with Crippen LogP contribution in [0.4, 0.5) is 0 Å². The van der Waals surface area contributed by atoms with E-state index in [4.69, 9.17) is 10.7 Å². The zero-order chi connectivity index (χ0) is 23.3. The predicted octanol–water partition coefficient (Wildman–Crippen LogP) is 3.32. The van der Waals surface area contributed by atoms with E-state index in [-0.39, 0.29) is 29.7 Å². The summed E-state index contributed by atoms with van der Waals surface area (Å²) in [6.45, 7) is 8.61. The van der Waals surface area contributed by atoms with Crippen molar-refractivity contribution in [2.24, 2.45) is 11.7 Å². The van der Waals surface area contributed by atoms with E-state index in [2.05, 4.69) is 54.5 Å². The van der Waals surface area contributed by atoms with Crippen molar-refractivity contribution in [2.45, 2.75) is 57.6 Å². The average Bonchev–Trinajstić information content (AvgIpc) is 3.31. The number of amides is 1. The van der Waals surface area contributed by atoms with Crippen molar-refractivity contribution >= 4 is 16.9 Å². The van der Waals surface area contributed by atoms with Gasteiger partial charge >= 0.3 is 0 Å². The van der Waals surface area contributed by atoms with Crippen molar-refractivity contribution in [3.05, 3.63) is 65.0 Å². The number of rotatable bonds is 5. The minimum atomic E-state index is -0.501. The van der Waals surface area contributed by atoms with Gasteiger partial charge in [-0.15, -0.1) is 0 Å². The number of piperidine rings is 1. The van der Waals surface area contributed by atoms with Crippen molar-refractivity contribution in [1.29, 1.82) is 0 Å². The molecule has 1 amide bonds. The van der Waals surface area contributed by atoms with Crippen LogP contribution in [0.3, 0.4) is 0 Å². The maximum absolute atomic E-state index is 12.3. The summed E-state index contributed by atoms with van der Waals surface area (Å²) in [5, 5.41) is 11.3. The fraction of sp³-hybridized carbons (Fsp3) is 0.481. The van der Waals surface area contributed by atoms with Gasteiger partial charge in [-0.05, 0) is 60.6 Å². The van der Waals surface area contributed by atoms with Crippen LogP contribution < -0.4 is 5.73 Å². The fourth-order valence-electron chi connectivity index (χ4n) is 5.93. The summed E-state index contributed by atoms with van der Waals surface area (Å²) in [6.07, 6.45) is 1.17. The largest absolute Gasteiger partial charge is 0.390 e. The molecule has 1 unspecified atom stereocenters. The molecule has 1 saturated heterocycles. The zero-order valence-corrected chi connectivity index (χ0v) is 19.7. The quantitative estimate of drug-likeness (QED) is 0.631. The van der Waals surface area contributed by atoms with Gasteiger partial charge in [0.15, 0.2) is 0 Å². The highest BCUT2D eigenvalue weighted by atomic mass is 16.3. The summed E-state index contributed by atoms with van der Waals surface area (Å²) < 4.78 is 2.27. The van der Waals surface area contributed by atoms with Crippen LogP contribution >= 0.6 is 0 Å². The first-order chi connectivity index (χ1) is 15.8. The van der Waals surface area contributed by atoms with Crippen molar-refractivity contribution in [2.75, 3.05) is 19.6 Å². The third-order valence-corrected chi connectivity index (χ3v) is 7.43. The summed E-state index contributed by atoms with van der Waals surface area (Å²) in [5.41, 5.74) is 11.3. The summed E-state index contributed by atoms with van der Waals surface area (Å²) in [4.78, 5) is 19.5. The van der Waals surface area contributed by atoms with Crippen molar-refractivity contribution in [3.8, 4) is 0 Å². The zero-order valence-electron chi connectivity index (χ0n) is 19.7. The Morgan fingerprint density at radius 2 is 2.15 bits per heavy atom. The number of hydrogen-bond donors (Lipinski definition) is 2. The van der Waals surface area contributed by atoms with E-state index in [0.29, 0.717) is 6.54 Å². The van der Waals surface area contributed by atoms with Gasteiger partial charge in [-0.2, -0.15) is 0 Å². The van der Waals surface area contributed by atoms with Gasteiger partial charge in [-0.25, -0.2) is 4.98 Å². The Balaban J connectivity index is 1.35. The number of carbonyl (C=O) groups is 1. The Bertz CT molecular complexity index is 1180. The standard InChI is InChI=1S/C27H33N4O2/c1-16(2)27-29-21-12-17(3)8-9-22(21)31(27)23-10-11-30(15-24(23)32)14-19-13-18-6-4-5-7-20(18)25(19)26(28)33/h5-9,12,16,19,23-25,32H,10-11,13-15H2,1-3H3,(H2,28,33)/t19?,23-,24-,25-/m1/s1. The number of imidazole rings is 1. The monoisotopic (exact) mass is 445 g/mol. The Morgan fingerprint density at radius 3 is 2.88 bits per heavy atom. The van der Waals surface area contributed by atoms with Gasteiger partial charge in [-0.1, -0.05) is 38.1 Å². The number of aromatic nitrogens is 2. The number of nitrogens with zero attached hydrogens (tertiary/aromatic N) is 3. The van der Waals surface area contributed by atoms with Crippen LogP contribution in [0.25, 0.3) is 11.0 Å². The Morgan fingerprint density at radius 1 is 1.33 bits per heavy atom. The van der Waals surface area contributed by atoms with Crippen molar-refractivity contribution in [1.82, 2.24) is 14.5 Å². The second kappa shape index (κ2) is 8.58. The molecule has 33 heavy (non-hydrogen) atoms. The van der Waals surface area contributed by atoms with Crippen LogP contribution in [0, 0.1) is 18.9 Å². The first-order valence-corrected chi connectivity index (χ1v) is 12.0. The molecular formula is C27H33N4O2. The Hall–Kier alpha value is -2.70. The topological polar surface area (TPSA) is 84.4 Å². The lowest BCUT2D eigenvalue weighted by Gasteiger charge is -2.39. The van der Waals surface area contributed by atoms with Crippen molar-refractivity contribution in [3.63, 3.8) is 0 Å². The Kier molecular flexibility index (Phi) is 5.75. The molecule has 2 aromatic carbocycles. The summed E-state index contributed by atoms with van der Waals surface area (Å²) in [5.74, 6) is 0.915. The van der Waals surface area contributed by atoms with E-state index in [1.807, 2.05) is 18.2 Å². The number of primary amides is 1. The molecule has 0 bridgehead atoms. The molecule has 1 aliphatic heterocycles. The molecule has 0 spiro atoms. The molecule has 1 fully saturated rings. The van der Waals surface area contributed by atoms with Crippen LogP contribution in [0.5, 0.6) is 0 Å². The number of aliphatic hydroxyl groups is 1. The van der Waals surface area contributed by atoms with E-state index in [1.54, 1.807) is 0 Å². The second-order valence-electron chi connectivity index (χ2n) is 10.1. The van der Waals surface area contributed by atoms with E-state index >= 15 is 0 Å². The van der Waals surface area contributed by atoms with Gasteiger partial charge in [0.05, 0.1) is 29.1 Å². The van der Waals surface area contributed by atoms with E-state index < -0.39 is 6.10 Å². The lowest BCUT2D eigenvalue weighted by molar-refractivity contribution is -0.120. The highest BCUT2D eigenvalue weighted by molar-refractivity contribution is 5.84. The van der Waals surface area contributed by atoms with Gasteiger partial charge in [0.1, 0.15) is 5.82 Å². The molecule has 1 aliphatic carbocycles. The minimum Gasteiger partial charge on any atom is -0.390 e. The first kappa shape index (κ1) is 22.1. The number of fused-ring (bicyclic) bond motifs is 2. The highest BCUT2D eigenvalue weighted by Crippen LogP contribution is 2.39. The van der Waals surface area contributed by atoms with Crippen LogP contribution in [-0.4, -0.2) is 51.2 Å². The fourth-order valence-corrected chi connectivity index (χ4v) is 5.93. The first-order valence-electron chi connectivity index (χ1n) is 12.0. The van der Waals surface area contributed by atoms with Gasteiger partial charge in [-0.3, -0.25) is 4.79 Å². The van der Waals surface area contributed by atoms with E-state index in [1.165, 1.54) is 11.1 Å². The average molecular weight is 446 g/mol. The highest BCUT2D eigenvalue weighted by Gasteiger charge is 2.39. The van der Waals surface area contributed by atoms with E-state index in [0.717, 1.165) is 48.4 Å². The molecule has 6 heteroatoms. The molecular weight excluding hydrogens is 412 g/mol. The summed E-state index contributed by atoms with van der Waals surface area (Å²) in [6, 6.07) is 15.3. The predicted molar refractivity (Wildman–Crippen MR) is 129 cm³/mol. The molecule has 173 valence electrons. The van der Waals surface area contributed by atoms with Gasteiger partial charge in [0, 0.05) is 25.6 Å². The number of carbonyl (C=O) groups excluding carboxylic acids is 1. The molecule has 0 saturated carbocycles. The summed E-state index contributed by atoms with van der Waals surface area (Å²) >= 11 is 0. The normalized spacial score (nSPS) is 25.6. The van der Waals surface area contributed by atoms with Gasteiger partial charge in [0.25, 0.3) is 0 Å². The number of β-amino-alcohol motifs (C(OH)–C–C–N with tert-alkyl or cyclic N) is 1. The number of aliphatic hydroxyl groups excluding tert-OH is 1. The number of benzene rings is 2. The molecule has 1 radical (unpaired) electrons. The molecule has 2 aliphatic rings. The number of likely N-dealkylation sites (tertiary alicyclic amines) is 1. The molecule has 5 rings (SSSR count). The van der Waals surface area contributed by atoms with Crippen LogP contribution in [0.15, 0.2) is 36.4 Å². The lowest BCUT2D eigenvalue weighted by atomic mass is 9.90. The molecule has 3 aromatic rings. The SMILES string of the molecule is Cc1ccc2c(c1)nc(C(C)C)n2[C@@H]1CCN(CC2Cc3c[c]ccc3[C@@H]2C(N)=O)C[C@H]1O. The number of hydrogen-bond acceptors (Lipinski definition) is 4.